The monoisotopic (exact) mass is 404 g/mol. The minimum Gasteiger partial charge on any atom is -0.325 e. The van der Waals surface area contributed by atoms with E-state index in [2.05, 4.69) is 28.5 Å². The summed E-state index contributed by atoms with van der Waals surface area (Å²) in [6.45, 7) is 5.40. The summed E-state index contributed by atoms with van der Waals surface area (Å²) >= 11 is 1.36. The average Bonchev–Trinajstić information content (AvgIpc) is 3.11. The fraction of sp³-hybridized carbons (Fsp3) is 0.182. The zero-order valence-corrected chi connectivity index (χ0v) is 17.2. The lowest BCUT2D eigenvalue weighted by Gasteiger charge is -2.12. The lowest BCUT2D eigenvalue weighted by molar-refractivity contribution is -0.115. The van der Waals surface area contributed by atoms with Crippen molar-refractivity contribution in [1.29, 1.82) is 0 Å². The van der Waals surface area contributed by atoms with Gasteiger partial charge in [-0.15, -0.1) is 10.2 Å². The molecule has 0 spiro atoms. The summed E-state index contributed by atoms with van der Waals surface area (Å²) in [6, 6.07) is 17.0. The Morgan fingerprint density at radius 2 is 1.79 bits per heavy atom. The van der Waals surface area contributed by atoms with Crippen LogP contribution < -0.4 is 5.32 Å². The number of rotatable bonds is 5. The van der Waals surface area contributed by atoms with E-state index in [9.17, 15) is 9.59 Å². The number of nitrogens with zero attached hydrogens (tertiary/aromatic N) is 3. The maximum absolute atomic E-state index is 12.7. The smallest absolute Gasteiger partial charge is 0.237 e. The van der Waals surface area contributed by atoms with Crippen molar-refractivity contribution in [1.82, 2.24) is 14.6 Å². The zero-order chi connectivity index (χ0) is 20.5. The van der Waals surface area contributed by atoms with E-state index >= 15 is 0 Å². The molecule has 4 aromatic rings. The molecule has 0 fully saturated rings. The number of aryl methyl sites for hydroxylation is 1. The molecule has 0 aliphatic carbocycles. The number of pyridine rings is 1. The van der Waals surface area contributed by atoms with Gasteiger partial charge in [0.2, 0.25) is 5.91 Å². The number of hydrogen-bond acceptors (Lipinski definition) is 5. The number of Topliss-reactive ketones (excluding diaryl/α,β-unsaturated/α-hetero) is 1. The number of para-hydroxylation sites is 1. The predicted molar refractivity (Wildman–Crippen MR) is 116 cm³/mol. The number of nitrogens with one attached hydrogen (secondary N) is 1. The average molecular weight is 404 g/mol. The number of benzene rings is 2. The van der Waals surface area contributed by atoms with Gasteiger partial charge < -0.3 is 5.32 Å². The summed E-state index contributed by atoms with van der Waals surface area (Å²) in [4.78, 5) is 24.0. The van der Waals surface area contributed by atoms with Crippen molar-refractivity contribution in [3.63, 3.8) is 0 Å². The van der Waals surface area contributed by atoms with Gasteiger partial charge in [0.05, 0.1) is 10.8 Å². The maximum Gasteiger partial charge on any atom is 0.237 e. The van der Waals surface area contributed by atoms with Gasteiger partial charge in [-0.2, -0.15) is 0 Å². The molecule has 2 heterocycles. The van der Waals surface area contributed by atoms with Crippen LogP contribution in [-0.2, 0) is 4.79 Å². The van der Waals surface area contributed by atoms with Crippen LogP contribution in [-0.4, -0.2) is 31.5 Å². The number of thioether (sulfide) groups is 1. The Morgan fingerprint density at radius 3 is 2.52 bits per heavy atom. The Balaban J connectivity index is 1.57. The van der Waals surface area contributed by atoms with Crippen molar-refractivity contribution < 1.29 is 9.59 Å². The topological polar surface area (TPSA) is 76.4 Å². The summed E-state index contributed by atoms with van der Waals surface area (Å²) < 4.78 is 1.98. The second kappa shape index (κ2) is 7.67. The van der Waals surface area contributed by atoms with Crippen LogP contribution in [0.3, 0.4) is 0 Å². The van der Waals surface area contributed by atoms with Gasteiger partial charge in [-0.25, -0.2) is 0 Å². The van der Waals surface area contributed by atoms with E-state index in [1.165, 1.54) is 18.7 Å². The lowest BCUT2D eigenvalue weighted by Crippen LogP contribution is -2.22. The van der Waals surface area contributed by atoms with Crippen molar-refractivity contribution in [2.75, 3.05) is 5.32 Å². The second-order valence-electron chi connectivity index (χ2n) is 6.90. The Labute approximate surface area is 172 Å². The second-order valence-corrected chi connectivity index (χ2v) is 8.21. The number of amides is 1. The van der Waals surface area contributed by atoms with Gasteiger partial charge >= 0.3 is 0 Å². The van der Waals surface area contributed by atoms with E-state index in [4.69, 9.17) is 0 Å². The third-order valence-electron chi connectivity index (χ3n) is 4.78. The minimum atomic E-state index is -0.380. The molecule has 29 heavy (non-hydrogen) atoms. The number of fused-ring (bicyclic) bond motifs is 3. The fourth-order valence-corrected chi connectivity index (χ4v) is 4.06. The van der Waals surface area contributed by atoms with Gasteiger partial charge in [-0.3, -0.25) is 14.0 Å². The third-order valence-corrected chi connectivity index (χ3v) is 5.83. The van der Waals surface area contributed by atoms with Crippen LogP contribution in [0, 0.1) is 6.92 Å². The van der Waals surface area contributed by atoms with Crippen molar-refractivity contribution in [3.05, 3.63) is 65.7 Å². The summed E-state index contributed by atoms with van der Waals surface area (Å²) in [6.07, 6.45) is 0. The van der Waals surface area contributed by atoms with E-state index in [-0.39, 0.29) is 16.9 Å². The van der Waals surface area contributed by atoms with E-state index in [0.29, 0.717) is 16.4 Å². The molecule has 1 amide bonds. The molecule has 1 N–H and O–H groups in total. The SMILES string of the molecule is CC(=O)c1ccc(NC(=O)[C@H](C)Sc2nnc3cc(C)c4ccccc4n23)cc1. The normalized spacial score (nSPS) is 12.2. The van der Waals surface area contributed by atoms with Gasteiger partial charge in [0.1, 0.15) is 0 Å². The van der Waals surface area contributed by atoms with E-state index in [1.807, 2.05) is 35.6 Å². The predicted octanol–water partition coefficient (Wildman–Crippen LogP) is 4.51. The van der Waals surface area contributed by atoms with Gasteiger partial charge in [0.25, 0.3) is 0 Å². The first-order valence-electron chi connectivity index (χ1n) is 9.26. The molecule has 4 rings (SSSR count). The molecule has 2 aromatic heterocycles. The number of carbonyl (C=O) groups is 2. The first kappa shape index (κ1) is 19.1. The van der Waals surface area contributed by atoms with E-state index in [0.717, 1.165) is 22.1 Å². The molecule has 0 unspecified atom stereocenters. The molecular formula is C22H20N4O2S. The molecule has 0 saturated carbocycles. The van der Waals surface area contributed by atoms with Crippen molar-refractivity contribution in [3.8, 4) is 0 Å². The quantitative estimate of drug-likeness (QED) is 0.391. The molecule has 0 aliphatic rings. The number of hydrogen-bond donors (Lipinski definition) is 1. The number of carbonyl (C=O) groups excluding carboxylic acids is 2. The van der Waals surface area contributed by atoms with Crippen molar-refractivity contribution in [2.45, 2.75) is 31.2 Å². The van der Waals surface area contributed by atoms with Crippen LogP contribution in [0.15, 0.2) is 59.8 Å². The highest BCUT2D eigenvalue weighted by Crippen LogP contribution is 2.28. The Kier molecular flexibility index (Phi) is 5.07. The van der Waals surface area contributed by atoms with Crippen LogP contribution in [0.5, 0.6) is 0 Å². The molecule has 6 nitrogen and oxygen atoms in total. The summed E-state index contributed by atoms with van der Waals surface area (Å²) in [7, 11) is 0. The van der Waals surface area contributed by atoms with Crippen LogP contribution in [0.2, 0.25) is 0 Å². The number of anilines is 1. The number of aromatic nitrogens is 3. The number of ketones is 1. The van der Waals surface area contributed by atoms with Crippen LogP contribution in [0.4, 0.5) is 5.69 Å². The highest BCUT2D eigenvalue weighted by Gasteiger charge is 2.19. The van der Waals surface area contributed by atoms with Crippen LogP contribution >= 0.6 is 11.8 Å². The largest absolute Gasteiger partial charge is 0.325 e. The summed E-state index contributed by atoms with van der Waals surface area (Å²) in [5.74, 6) is -0.147. The van der Waals surface area contributed by atoms with Gasteiger partial charge in [-0.05, 0) is 62.7 Å². The molecule has 146 valence electrons. The minimum absolute atomic E-state index is 0.00653. The molecule has 2 aromatic carbocycles. The molecule has 0 saturated heterocycles. The molecule has 0 aliphatic heterocycles. The highest BCUT2D eigenvalue weighted by atomic mass is 32.2. The maximum atomic E-state index is 12.7. The molecule has 1 atom stereocenters. The zero-order valence-electron chi connectivity index (χ0n) is 16.3. The molecule has 7 heteroatoms. The van der Waals surface area contributed by atoms with Gasteiger partial charge in [-0.1, -0.05) is 30.0 Å². The summed E-state index contributed by atoms with van der Waals surface area (Å²) in [5.41, 5.74) is 4.18. The molecule has 0 radical (unpaired) electrons. The fourth-order valence-electron chi connectivity index (χ4n) is 3.19. The van der Waals surface area contributed by atoms with Crippen LogP contribution in [0.25, 0.3) is 16.6 Å². The Hall–Kier alpha value is -3.19. The highest BCUT2D eigenvalue weighted by molar-refractivity contribution is 8.00. The summed E-state index contributed by atoms with van der Waals surface area (Å²) in [5, 5.41) is 12.9. The molecular weight excluding hydrogens is 384 g/mol. The third kappa shape index (κ3) is 3.73. The Bertz CT molecular complexity index is 1230. The first-order chi connectivity index (χ1) is 13.9. The van der Waals surface area contributed by atoms with Crippen molar-refractivity contribution in [2.24, 2.45) is 0 Å². The van der Waals surface area contributed by atoms with E-state index in [1.54, 1.807) is 24.3 Å². The van der Waals surface area contributed by atoms with Gasteiger partial charge in [0, 0.05) is 16.6 Å². The lowest BCUT2D eigenvalue weighted by atomic mass is 10.1. The van der Waals surface area contributed by atoms with Crippen LogP contribution in [0.1, 0.15) is 29.8 Å². The van der Waals surface area contributed by atoms with Gasteiger partial charge in [0.15, 0.2) is 16.6 Å². The van der Waals surface area contributed by atoms with Crippen molar-refractivity contribution >= 4 is 45.7 Å². The Morgan fingerprint density at radius 1 is 1.07 bits per heavy atom. The molecule has 0 bridgehead atoms. The first-order valence-corrected chi connectivity index (χ1v) is 10.1. The standard InChI is InChI=1S/C22H20N4O2S/c1-13-12-20-24-25-22(26(20)19-7-5-4-6-18(13)19)29-15(3)21(28)23-17-10-8-16(9-11-17)14(2)27/h4-12,15H,1-3H3,(H,23,28)/t15-/m0/s1. The van der Waals surface area contributed by atoms with E-state index < -0.39 is 0 Å².